The third-order valence-electron chi connectivity index (χ3n) is 4.45. The molecule has 1 N–H and O–H groups in total. The van der Waals surface area contributed by atoms with Crippen LogP contribution in [0.3, 0.4) is 0 Å². The van der Waals surface area contributed by atoms with E-state index in [1.165, 1.54) is 5.56 Å². The van der Waals surface area contributed by atoms with E-state index in [9.17, 15) is 5.11 Å². The van der Waals surface area contributed by atoms with Crippen LogP contribution in [0, 0.1) is 0 Å². The van der Waals surface area contributed by atoms with Crippen molar-refractivity contribution in [1.82, 2.24) is 9.55 Å². The second kappa shape index (κ2) is 8.67. The Kier molecular flexibility index (Phi) is 6.07. The fraction of sp³-hybridized carbons (Fsp3) is 0.381. The highest BCUT2D eigenvalue weighted by Gasteiger charge is 2.09. The first-order valence-electron chi connectivity index (χ1n) is 9.08. The van der Waals surface area contributed by atoms with Crippen LogP contribution >= 0.6 is 0 Å². The summed E-state index contributed by atoms with van der Waals surface area (Å²) in [6.07, 6.45) is 3.65. The molecule has 0 saturated heterocycles. The third kappa shape index (κ3) is 4.40. The average Bonchev–Trinajstić information content (AvgIpc) is 3.00. The minimum absolute atomic E-state index is 0.125. The molecular weight excluding hydrogens is 312 g/mol. The Balaban J connectivity index is 1.53. The molecular formula is C21H26N2O2. The molecule has 0 unspecified atom stereocenters. The Morgan fingerprint density at radius 1 is 1.04 bits per heavy atom. The van der Waals surface area contributed by atoms with Crippen molar-refractivity contribution in [3.63, 3.8) is 0 Å². The Bertz CT molecular complexity index is 793. The summed E-state index contributed by atoms with van der Waals surface area (Å²) >= 11 is 0. The maximum Gasteiger partial charge on any atom is 0.119 e. The van der Waals surface area contributed by atoms with E-state index in [2.05, 4.69) is 34.7 Å². The van der Waals surface area contributed by atoms with Gasteiger partial charge >= 0.3 is 0 Å². The number of aliphatic hydroxyl groups excluding tert-OH is 1. The van der Waals surface area contributed by atoms with Gasteiger partial charge in [0.1, 0.15) is 11.6 Å². The summed E-state index contributed by atoms with van der Waals surface area (Å²) in [4.78, 5) is 4.64. The van der Waals surface area contributed by atoms with E-state index in [4.69, 9.17) is 4.74 Å². The maximum absolute atomic E-state index is 9.27. The Morgan fingerprint density at radius 3 is 2.60 bits per heavy atom. The summed E-state index contributed by atoms with van der Waals surface area (Å²) in [5, 5.41) is 9.27. The van der Waals surface area contributed by atoms with Gasteiger partial charge in [-0.1, -0.05) is 31.2 Å². The van der Waals surface area contributed by atoms with Gasteiger partial charge in [0.05, 0.1) is 24.2 Å². The lowest BCUT2D eigenvalue weighted by molar-refractivity contribution is 0.292. The summed E-state index contributed by atoms with van der Waals surface area (Å²) < 4.78 is 8.05. The molecule has 3 rings (SSSR count). The Morgan fingerprint density at radius 2 is 1.84 bits per heavy atom. The van der Waals surface area contributed by atoms with Gasteiger partial charge in [-0.3, -0.25) is 0 Å². The van der Waals surface area contributed by atoms with Crippen molar-refractivity contribution in [2.75, 3.05) is 13.2 Å². The number of nitrogens with zero attached hydrogens (tertiary/aromatic N) is 2. The molecule has 0 aliphatic carbocycles. The molecule has 0 amide bonds. The van der Waals surface area contributed by atoms with Crippen LogP contribution in [0.4, 0.5) is 0 Å². The Hall–Kier alpha value is -2.33. The van der Waals surface area contributed by atoms with E-state index < -0.39 is 0 Å². The van der Waals surface area contributed by atoms with Crippen LogP contribution in [-0.4, -0.2) is 27.9 Å². The van der Waals surface area contributed by atoms with Crippen LogP contribution in [0.2, 0.25) is 0 Å². The number of rotatable bonds is 9. The molecule has 1 aromatic heterocycles. The summed E-state index contributed by atoms with van der Waals surface area (Å²) in [5.74, 6) is 1.89. The van der Waals surface area contributed by atoms with Crippen LogP contribution in [-0.2, 0) is 19.4 Å². The fourth-order valence-corrected chi connectivity index (χ4v) is 3.05. The predicted molar refractivity (Wildman–Crippen MR) is 101 cm³/mol. The normalized spacial score (nSPS) is 11.1. The summed E-state index contributed by atoms with van der Waals surface area (Å²) in [7, 11) is 0. The largest absolute Gasteiger partial charge is 0.494 e. The van der Waals surface area contributed by atoms with Crippen molar-refractivity contribution >= 4 is 11.0 Å². The van der Waals surface area contributed by atoms with Crippen LogP contribution in [0.1, 0.15) is 31.2 Å². The van der Waals surface area contributed by atoms with Crippen LogP contribution in [0.15, 0.2) is 48.5 Å². The smallest absolute Gasteiger partial charge is 0.119 e. The maximum atomic E-state index is 9.27. The van der Waals surface area contributed by atoms with E-state index in [1.54, 1.807) is 0 Å². The molecule has 0 radical (unpaired) electrons. The fourth-order valence-electron chi connectivity index (χ4n) is 3.05. The molecule has 2 aromatic carbocycles. The SMILES string of the molecule is CCc1ccc(OCCCCn2c(CCO)nc3ccccc32)cc1. The number of unbranched alkanes of at least 4 members (excludes halogenated alkanes) is 1. The number of aliphatic hydroxyl groups is 1. The molecule has 1 heterocycles. The van der Waals surface area contributed by atoms with Crippen LogP contribution < -0.4 is 4.74 Å². The van der Waals surface area contributed by atoms with Crippen LogP contribution in [0.25, 0.3) is 11.0 Å². The zero-order valence-corrected chi connectivity index (χ0v) is 14.8. The number of fused-ring (bicyclic) bond motifs is 1. The van der Waals surface area contributed by atoms with Gasteiger partial charge in [0.25, 0.3) is 0 Å². The van der Waals surface area contributed by atoms with Gasteiger partial charge in [-0.25, -0.2) is 4.98 Å². The molecule has 0 aliphatic heterocycles. The molecule has 132 valence electrons. The Labute approximate surface area is 149 Å². The van der Waals surface area contributed by atoms with Crippen molar-refractivity contribution in [2.45, 2.75) is 39.2 Å². The number of benzene rings is 2. The molecule has 3 aromatic rings. The van der Waals surface area contributed by atoms with Crippen molar-refractivity contribution in [3.8, 4) is 5.75 Å². The monoisotopic (exact) mass is 338 g/mol. The second-order valence-corrected chi connectivity index (χ2v) is 6.20. The van der Waals surface area contributed by atoms with E-state index in [0.717, 1.165) is 48.4 Å². The number of ether oxygens (including phenoxy) is 1. The van der Waals surface area contributed by atoms with E-state index in [0.29, 0.717) is 13.0 Å². The minimum atomic E-state index is 0.125. The molecule has 0 fully saturated rings. The second-order valence-electron chi connectivity index (χ2n) is 6.20. The van der Waals surface area contributed by atoms with Gasteiger partial charge in [-0.2, -0.15) is 0 Å². The number of aryl methyl sites for hydroxylation is 2. The molecule has 0 aliphatic rings. The third-order valence-corrected chi connectivity index (χ3v) is 4.45. The average molecular weight is 338 g/mol. The topological polar surface area (TPSA) is 47.3 Å². The summed E-state index contributed by atoms with van der Waals surface area (Å²) in [5.41, 5.74) is 3.47. The molecule has 0 bridgehead atoms. The van der Waals surface area contributed by atoms with Gasteiger partial charge in [-0.05, 0) is 49.1 Å². The minimum Gasteiger partial charge on any atom is -0.494 e. The first-order chi connectivity index (χ1) is 12.3. The van der Waals surface area contributed by atoms with Crippen LogP contribution in [0.5, 0.6) is 5.75 Å². The molecule has 0 saturated carbocycles. The summed E-state index contributed by atoms with van der Waals surface area (Å²) in [6.45, 7) is 3.89. The van der Waals surface area contributed by atoms with Crippen molar-refractivity contribution in [3.05, 3.63) is 59.9 Å². The molecule has 0 spiro atoms. The van der Waals surface area contributed by atoms with Crippen molar-refractivity contribution in [2.24, 2.45) is 0 Å². The lowest BCUT2D eigenvalue weighted by Crippen LogP contribution is -2.07. The molecule has 0 atom stereocenters. The highest BCUT2D eigenvalue weighted by atomic mass is 16.5. The lowest BCUT2D eigenvalue weighted by atomic mass is 10.2. The summed E-state index contributed by atoms with van der Waals surface area (Å²) in [6, 6.07) is 16.5. The van der Waals surface area contributed by atoms with Crippen molar-refractivity contribution in [1.29, 1.82) is 0 Å². The van der Waals surface area contributed by atoms with E-state index in [-0.39, 0.29) is 6.61 Å². The zero-order chi connectivity index (χ0) is 17.5. The lowest BCUT2D eigenvalue weighted by Gasteiger charge is -2.10. The van der Waals surface area contributed by atoms with E-state index in [1.807, 2.05) is 30.3 Å². The van der Waals surface area contributed by atoms with E-state index >= 15 is 0 Å². The molecule has 25 heavy (non-hydrogen) atoms. The number of imidazole rings is 1. The van der Waals surface area contributed by atoms with Gasteiger partial charge in [0.2, 0.25) is 0 Å². The highest BCUT2D eigenvalue weighted by molar-refractivity contribution is 5.75. The standard InChI is InChI=1S/C21H26N2O2/c1-2-17-9-11-18(12-10-17)25-16-6-5-14-23-20-8-4-3-7-19(20)22-21(23)13-15-24/h3-4,7-12,24H,2,5-6,13-16H2,1H3. The van der Waals surface area contributed by atoms with Gasteiger partial charge in [0.15, 0.2) is 0 Å². The van der Waals surface area contributed by atoms with Crippen molar-refractivity contribution < 1.29 is 9.84 Å². The predicted octanol–water partition coefficient (Wildman–Crippen LogP) is 3.99. The number of para-hydroxylation sites is 2. The first-order valence-corrected chi connectivity index (χ1v) is 9.08. The quantitative estimate of drug-likeness (QED) is 0.600. The highest BCUT2D eigenvalue weighted by Crippen LogP contribution is 2.18. The zero-order valence-electron chi connectivity index (χ0n) is 14.8. The number of hydrogen-bond acceptors (Lipinski definition) is 3. The van der Waals surface area contributed by atoms with Gasteiger partial charge in [-0.15, -0.1) is 0 Å². The van der Waals surface area contributed by atoms with Gasteiger partial charge < -0.3 is 14.4 Å². The molecule has 4 heteroatoms. The number of aromatic nitrogens is 2. The number of hydrogen-bond donors (Lipinski definition) is 1. The van der Waals surface area contributed by atoms with Gasteiger partial charge in [0, 0.05) is 13.0 Å². The molecule has 4 nitrogen and oxygen atoms in total. The first kappa shape index (κ1) is 17.5.